The minimum Gasteiger partial charge on any atom is -0.481 e. The van der Waals surface area contributed by atoms with Crippen LogP contribution in [-0.4, -0.2) is 36.6 Å². The highest BCUT2D eigenvalue weighted by Gasteiger charge is 2.22. The van der Waals surface area contributed by atoms with Crippen LogP contribution < -0.4 is 15.0 Å². The van der Waals surface area contributed by atoms with Gasteiger partial charge in [0.05, 0.1) is 0 Å². The zero-order valence-electron chi connectivity index (χ0n) is 14.6. The van der Waals surface area contributed by atoms with Crippen LogP contribution in [0.1, 0.15) is 19.8 Å². The van der Waals surface area contributed by atoms with Crippen molar-refractivity contribution in [3.8, 4) is 5.75 Å². The second-order valence-corrected chi connectivity index (χ2v) is 6.44. The molecule has 0 bridgehead atoms. The first-order valence-corrected chi connectivity index (χ1v) is 8.88. The monoisotopic (exact) mass is 339 g/mol. The summed E-state index contributed by atoms with van der Waals surface area (Å²) in [5.41, 5.74) is 0. The fourth-order valence-electron chi connectivity index (χ4n) is 3.05. The van der Waals surface area contributed by atoms with Crippen LogP contribution in [0.5, 0.6) is 5.75 Å². The average molecular weight is 339 g/mol. The summed E-state index contributed by atoms with van der Waals surface area (Å²) in [5.74, 6) is 2.20. The van der Waals surface area contributed by atoms with E-state index in [-0.39, 0.29) is 5.91 Å². The predicted octanol–water partition coefficient (Wildman–Crippen LogP) is 2.88. The third kappa shape index (κ3) is 4.95. The third-order valence-electron chi connectivity index (χ3n) is 4.58. The second kappa shape index (κ2) is 8.51. The number of pyridine rings is 1. The minimum atomic E-state index is -0.490. The van der Waals surface area contributed by atoms with Gasteiger partial charge in [0.1, 0.15) is 11.6 Å². The Kier molecular flexibility index (Phi) is 5.88. The van der Waals surface area contributed by atoms with Crippen LogP contribution in [-0.2, 0) is 4.79 Å². The highest BCUT2D eigenvalue weighted by molar-refractivity contribution is 5.80. The summed E-state index contributed by atoms with van der Waals surface area (Å²) >= 11 is 0. The highest BCUT2D eigenvalue weighted by atomic mass is 16.5. The molecule has 1 fully saturated rings. The lowest BCUT2D eigenvalue weighted by atomic mass is 9.96. The second-order valence-electron chi connectivity index (χ2n) is 6.44. The van der Waals surface area contributed by atoms with E-state index in [4.69, 9.17) is 4.74 Å². The number of carbonyl (C=O) groups is 1. The largest absolute Gasteiger partial charge is 0.481 e. The van der Waals surface area contributed by atoms with Gasteiger partial charge in [-0.05, 0) is 49.9 Å². The van der Waals surface area contributed by atoms with Crippen molar-refractivity contribution in [3.63, 3.8) is 0 Å². The van der Waals surface area contributed by atoms with Crippen LogP contribution in [0, 0.1) is 5.92 Å². The maximum atomic E-state index is 12.2. The Bertz CT molecular complexity index is 655. The van der Waals surface area contributed by atoms with Gasteiger partial charge in [0.25, 0.3) is 5.91 Å². The molecule has 0 saturated carbocycles. The van der Waals surface area contributed by atoms with E-state index >= 15 is 0 Å². The molecule has 1 saturated heterocycles. The Morgan fingerprint density at radius 1 is 1.20 bits per heavy atom. The number of benzene rings is 1. The Morgan fingerprint density at radius 2 is 1.92 bits per heavy atom. The molecule has 5 nitrogen and oxygen atoms in total. The maximum Gasteiger partial charge on any atom is 0.260 e. The molecule has 3 rings (SSSR count). The van der Waals surface area contributed by atoms with Gasteiger partial charge >= 0.3 is 0 Å². The first kappa shape index (κ1) is 17.3. The van der Waals surface area contributed by atoms with E-state index in [2.05, 4.69) is 15.2 Å². The van der Waals surface area contributed by atoms with E-state index < -0.39 is 6.10 Å². The molecule has 0 radical (unpaired) electrons. The molecule has 0 aliphatic carbocycles. The van der Waals surface area contributed by atoms with Gasteiger partial charge < -0.3 is 15.0 Å². The van der Waals surface area contributed by atoms with E-state index in [1.165, 1.54) is 0 Å². The number of nitrogens with zero attached hydrogens (tertiary/aromatic N) is 2. The van der Waals surface area contributed by atoms with Crippen molar-refractivity contribution in [2.45, 2.75) is 25.9 Å². The van der Waals surface area contributed by atoms with Gasteiger partial charge in [-0.15, -0.1) is 0 Å². The molecule has 0 unspecified atom stereocenters. The number of piperidine rings is 1. The summed E-state index contributed by atoms with van der Waals surface area (Å²) in [4.78, 5) is 18.9. The summed E-state index contributed by atoms with van der Waals surface area (Å²) in [6, 6.07) is 15.4. The topological polar surface area (TPSA) is 54.5 Å². The van der Waals surface area contributed by atoms with Crippen LogP contribution >= 0.6 is 0 Å². The average Bonchev–Trinajstić information content (AvgIpc) is 2.68. The van der Waals surface area contributed by atoms with Crippen molar-refractivity contribution in [2.24, 2.45) is 5.92 Å². The smallest absolute Gasteiger partial charge is 0.260 e. The standard InChI is InChI=1S/C20H25N3O2/c1-16(25-18-7-3-2-4-8-18)20(24)22-15-17-10-13-23(14-11-17)19-9-5-6-12-21-19/h2-9,12,16-17H,10-11,13-15H2,1H3,(H,22,24)/t16-/m1/s1. The van der Waals surface area contributed by atoms with Crippen molar-refractivity contribution in [3.05, 3.63) is 54.7 Å². The summed E-state index contributed by atoms with van der Waals surface area (Å²) in [5, 5.41) is 3.03. The highest BCUT2D eigenvalue weighted by Crippen LogP contribution is 2.21. The van der Waals surface area contributed by atoms with Crippen LogP contribution in [0.2, 0.25) is 0 Å². The number of hydrogen-bond donors (Lipinski definition) is 1. The van der Waals surface area contributed by atoms with E-state index in [0.29, 0.717) is 18.2 Å². The number of carbonyl (C=O) groups excluding carboxylic acids is 1. The summed E-state index contributed by atoms with van der Waals surface area (Å²) in [6.07, 6.45) is 3.46. The third-order valence-corrected chi connectivity index (χ3v) is 4.58. The van der Waals surface area contributed by atoms with Crippen molar-refractivity contribution in [1.82, 2.24) is 10.3 Å². The number of rotatable bonds is 6. The Balaban J connectivity index is 1.40. The van der Waals surface area contributed by atoms with Gasteiger partial charge in [-0.25, -0.2) is 4.98 Å². The van der Waals surface area contributed by atoms with E-state index in [1.54, 1.807) is 6.92 Å². The van der Waals surface area contributed by atoms with E-state index in [0.717, 1.165) is 31.7 Å². The van der Waals surface area contributed by atoms with Crippen molar-refractivity contribution in [1.29, 1.82) is 0 Å². The number of amides is 1. The summed E-state index contributed by atoms with van der Waals surface area (Å²) in [6.45, 7) is 4.45. The molecule has 1 atom stereocenters. The number of ether oxygens (including phenoxy) is 1. The van der Waals surface area contributed by atoms with Crippen LogP contribution in [0.4, 0.5) is 5.82 Å². The molecular weight excluding hydrogens is 314 g/mol. The first-order chi connectivity index (χ1) is 12.2. The normalized spacial score (nSPS) is 16.3. The number of nitrogens with one attached hydrogen (secondary N) is 1. The van der Waals surface area contributed by atoms with Gasteiger partial charge in [0, 0.05) is 25.8 Å². The van der Waals surface area contributed by atoms with Crippen LogP contribution in [0.3, 0.4) is 0 Å². The van der Waals surface area contributed by atoms with Crippen molar-refractivity contribution < 1.29 is 9.53 Å². The quantitative estimate of drug-likeness (QED) is 0.879. The number of hydrogen-bond acceptors (Lipinski definition) is 4. The molecule has 5 heteroatoms. The number of para-hydroxylation sites is 1. The lowest BCUT2D eigenvalue weighted by Gasteiger charge is -2.33. The molecule has 25 heavy (non-hydrogen) atoms. The molecule has 1 aliphatic rings. The van der Waals surface area contributed by atoms with Gasteiger partial charge in [-0.3, -0.25) is 4.79 Å². The van der Waals surface area contributed by atoms with Gasteiger partial charge in [0.2, 0.25) is 0 Å². The van der Waals surface area contributed by atoms with E-state index in [1.807, 2.05) is 54.7 Å². The van der Waals surface area contributed by atoms with Crippen molar-refractivity contribution >= 4 is 11.7 Å². The fourth-order valence-corrected chi connectivity index (χ4v) is 3.05. The maximum absolute atomic E-state index is 12.2. The van der Waals surface area contributed by atoms with Crippen LogP contribution in [0.25, 0.3) is 0 Å². The molecule has 1 aliphatic heterocycles. The van der Waals surface area contributed by atoms with Gasteiger partial charge in [-0.2, -0.15) is 0 Å². The van der Waals surface area contributed by atoms with Crippen LogP contribution in [0.15, 0.2) is 54.7 Å². The van der Waals surface area contributed by atoms with E-state index in [9.17, 15) is 4.79 Å². The first-order valence-electron chi connectivity index (χ1n) is 8.88. The molecular formula is C20H25N3O2. The Hall–Kier alpha value is -2.56. The zero-order valence-corrected chi connectivity index (χ0v) is 14.6. The molecule has 1 amide bonds. The molecule has 2 aromatic rings. The Labute approximate surface area is 149 Å². The summed E-state index contributed by atoms with van der Waals surface area (Å²) in [7, 11) is 0. The van der Waals surface area contributed by atoms with Gasteiger partial charge in [-0.1, -0.05) is 24.3 Å². The van der Waals surface area contributed by atoms with Crippen molar-refractivity contribution in [2.75, 3.05) is 24.5 Å². The molecule has 1 aromatic heterocycles. The lowest BCUT2D eigenvalue weighted by Crippen LogP contribution is -2.42. The molecule has 132 valence electrons. The molecule has 2 heterocycles. The molecule has 1 N–H and O–H groups in total. The zero-order chi connectivity index (χ0) is 17.5. The SMILES string of the molecule is C[C@@H](Oc1ccccc1)C(=O)NCC1CCN(c2ccccn2)CC1. The van der Waals surface area contributed by atoms with Gasteiger partial charge in [0.15, 0.2) is 6.10 Å². The predicted molar refractivity (Wildman–Crippen MR) is 98.7 cm³/mol. The number of aromatic nitrogens is 1. The molecule has 1 aromatic carbocycles. The summed E-state index contributed by atoms with van der Waals surface area (Å²) < 4.78 is 5.66. The molecule has 0 spiro atoms. The number of anilines is 1. The lowest BCUT2D eigenvalue weighted by molar-refractivity contribution is -0.127. The fraction of sp³-hybridized carbons (Fsp3) is 0.400. The minimum absolute atomic E-state index is 0.0593. The Morgan fingerprint density at radius 3 is 2.60 bits per heavy atom.